The van der Waals surface area contributed by atoms with Gasteiger partial charge in [-0.25, -0.2) is 4.39 Å². The van der Waals surface area contributed by atoms with Crippen LogP contribution in [0.2, 0.25) is 0 Å². The summed E-state index contributed by atoms with van der Waals surface area (Å²) in [4.78, 5) is 16.0. The van der Waals surface area contributed by atoms with Gasteiger partial charge in [0.15, 0.2) is 5.96 Å². The van der Waals surface area contributed by atoms with Crippen molar-refractivity contribution in [1.29, 1.82) is 0 Å². The molecule has 7 heteroatoms. The van der Waals surface area contributed by atoms with Crippen molar-refractivity contribution >= 4 is 41.5 Å². The van der Waals surface area contributed by atoms with Gasteiger partial charge in [0, 0.05) is 18.8 Å². The molecule has 0 aliphatic heterocycles. The number of nitrogens with one attached hydrogen (secondary N) is 3. The summed E-state index contributed by atoms with van der Waals surface area (Å²) in [6, 6.07) is 6.12. The number of guanidine groups is 1. The van der Waals surface area contributed by atoms with Crippen LogP contribution in [-0.2, 0) is 4.79 Å². The highest BCUT2D eigenvalue weighted by Gasteiger charge is 2.14. The molecule has 1 aromatic rings. The van der Waals surface area contributed by atoms with E-state index in [1.165, 1.54) is 43.5 Å². The molecule has 1 fully saturated rings. The zero-order chi connectivity index (χ0) is 15.8. The van der Waals surface area contributed by atoms with E-state index in [9.17, 15) is 9.18 Å². The van der Waals surface area contributed by atoms with Crippen LogP contribution in [-0.4, -0.2) is 31.5 Å². The summed E-state index contributed by atoms with van der Waals surface area (Å²) < 4.78 is 12.8. The molecule has 0 unspecified atom stereocenters. The third-order valence-electron chi connectivity index (χ3n) is 3.71. The van der Waals surface area contributed by atoms with Gasteiger partial charge < -0.3 is 16.0 Å². The Balaban J connectivity index is 0.00000264. The maximum atomic E-state index is 12.8. The third kappa shape index (κ3) is 7.15. The van der Waals surface area contributed by atoms with Crippen molar-refractivity contribution in [1.82, 2.24) is 10.6 Å². The van der Waals surface area contributed by atoms with Crippen molar-refractivity contribution in [3.05, 3.63) is 30.1 Å². The lowest BCUT2D eigenvalue weighted by Gasteiger charge is -2.24. The van der Waals surface area contributed by atoms with E-state index in [4.69, 9.17) is 0 Å². The molecule has 1 amide bonds. The number of carbonyl (C=O) groups excluding carboxylic acids is 1. The maximum Gasteiger partial charge on any atom is 0.243 e. The first-order valence-corrected chi connectivity index (χ1v) is 7.70. The summed E-state index contributed by atoms with van der Waals surface area (Å²) in [6.07, 6.45) is 6.05. The molecule has 5 nitrogen and oxygen atoms in total. The van der Waals surface area contributed by atoms with Crippen LogP contribution in [0.3, 0.4) is 0 Å². The first kappa shape index (κ1) is 19.7. The quantitative estimate of drug-likeness (QED) is 0.388. The van der Waals surface area contributed by atoms with E-state index >= 15 is 0 Å². The number of halogens is 2. The Labute approximate surface area is 153 Å². The van der Waals surface area contributed by atoms with Gasteiger partial charge in [-0.3, -0.25) is 9.79 Å². The lowest BCUT2D eigenvalue weighted by molar-refractivity contribution is -0.115. The molecular weight excluding hydrogens is 410 g/mol. The van der Waals surface area contributed by atoms with Crippen molar-refractivity contribution in [3.63, 3.8) is 0 Å². The Morgan fingerprint density at radius 2 is 1.87 bits per heavy atom. The Kier molecular flexibility index (Phi) is 8.90. The van der Waals surface area contributed by atoms with Crippen LogP contribution in [0.25, 0.3) is 0 Å². The highest BCUT2D eigenvalue weighted by Crippen LogP contribution is 2.17. The Hall–Kier alpha value is -1.38. The van der Waals surface area contributed by atoms with Gasteiger partial charge in [-0.15, -0.1) is 24.0 Å². The zero-order valence-corrected chi connectivity index (χ0v) is 15.6. The van der Waals surface area contributed by atoms with E-state index < -0.39 is 0 Å². The molecule has 0 radical (unpaired) electrons. The van der Waals surface area contributed by atoms with E-state index in [1.807, 2.05) is 0 Å². The second-order valence-electron chi connectivity index (χ2n) is 5.46. The minimum atomic E-state index is -0.326. The molecule has 23 heavy (non-hydrogen) atoms. The molecule has 1 aromatic carbocycles. The van der Waals surface area contributed by atoms with Gasteiger partial charge >= 0.3 is 0 Å². The van der Waals surface area contributed by atoms with E-state index in [0.717, 1.165) is 12.8 Å². The van der Waals surface area contributed by atoms with Crippen molar-refractivity contribution in [3.8, 4) is 0 Å². The van der Waals surface area contributed by atoms with Crippen molar-refractivity contribution in [2.45, 2.75) is 38.1 Å². The summed E-state index contributed by atoms with van der Waals surface area (Å²) >= 11 is 0. The number of hydrogen-bond acceptors (Lipinski definition) is 2. The number of anilines is 1. The van der Waals surface area contributed by atoms with Crippen LogP contribution in [0.1, 0.15) is 32.1 Å². The summed E-state index contributed by atoms with van der Waals surface area (Å²) in [7, 11) is 1.69. The van der Waals surface area contributed by atoms with Crippen LogP contribution in [0.15, 0.2) is 29.3 Å². The smallest absolute Gasteiger partial charge is 0.243 e. The van der Waals surface area contributed by atoms with Gasteiger partial charge in [0.1, 0.15) is 5.82 Å². The summed E-state index contributed by atoms with van der Waals surface area (Å²) in [5, 5.41) is 9.04. The highest BCUT2D eigenvalue weighted by atomic mass is 127. The number of carbonyl (C=O) groups is 1. The molecule has 0 atom stereocenters. The minimum absolute atomic E-state index is 0. The van der Waals surface area contributed by atoms with Gasteiger partial charge in [0.25, 0.3) is 0 Å². The SMILES string of the molecule is CN=C(NCC(=O)Nc1ccc(F)cc1)NC1CCCCC1.I. The predicted octanol–water partition coefficient (Wildman–Crippen LogP) is 2.88. The Morgan fingerprint density at radius 1 is 1.22 bits per heavy atom. The fourth-order valence-electron chi connectivity index (χ4n) is 2.54. The molecule has 1 aliphatic carbocycles. The second-order valence-corrected chi connectivity index (χ2v) is 5.46. The number of aliphatic imine (C=N–C) groups is 1. The first-order valence-electron chi connectivity index (χ1n) is 7.70. The molecule has 128 valence electrons. The first-order chi connectivity index (χ1) is 10.7. The van der Waals surface area contributed by atoms with Crippen molar-refractivity contribution in [2.75, 3.05) is 18.9 Å². The molecule has 1 saturated carbocycles. The second kappa shape index (κ2) is 10.4. The van der Waals surface area contributed by atoms with Gasteiger partial charge in [-0.1, -0.05) is 19.3 Å². The largest absolute Gasteiger partial charge is 0.354 e. The molecule has 3 N–H and O–H groups in total. The van der Waals surface area contributed by atoms with E-state index in [1.54, 1.807) is 7.05 Å². The van der Waals surface area contributed by atoms with E-state index in [2.05, 4.69) is 20.9 Å². The number of hydrogen-bond donors (Lipinski definition) is 3. The topological polar surface area (TPSA) is 65.5 Å². The van der Waals surface area contributed by atoms with Crippen molar-refractivity contribution < 1.29 is 9.18 Å². The number of nitrogens with zero attached hydrogens (tertiary/aromatic N) is 1. The van der Waals surface area contributed by atoms with Crippen LogP contribution in [0.5, 0.6) is 0 Å². The average molecular weight is 434 g/mol. The highest BCUT2D eigenvalue weighted by molar-refractivity contribution is 14.0. The molecule has 2 rings (SSSR count). The summed E-state index contributed by atoms with van der Waals surface area (Å²) in [5.41, 5.74) is 0.573. The maximum absolute atomic E-state index is 12.8. The zero-order valence-electron chi connectivity index (χ0n) is 13.3. The predicted molar refractivity (Wildman–Crippen MR) is 102 cm³/mol. The van der Waals surface area contributed by atoms with Crippen LogP contribution in [0.4, 0.5) is 10.1 Å². The minimum Gasteiger partial charge on any atom is -0.354 e. The number of amides is 1. The molecule has 0 saturated heterocycles. The number of rotatable bonds is 4. The summed E-state index contributed by atoms with van der Waals surface area (Å²) in [5.74, 6) is 0.118. The van der Waals surface area contributed by atoms with Crippen LogP contribution >= 0.6 is 24.0 Å². The lowest BCUT2D eigenvalue weighted by Crippen LogP contribution is -2.46. The normalized spacial score (nSPS) is 15.5. The molecule has 0 heterocycles. The van der Waals surface area contributed by atoms with E-state index in [0.29, 0.717) is 17.7 Å². The summed E-state index contributed by atoms with van der Waals surface area (Å²) in [6.45, 7) is 0.115. The average Bonchev–Trinajstić information content (AvgIpc) is 2.54. The Bertz CT molecular complexity index is 515. The molecular formula is C16H24FIN4O. The van der Waals surface area contributed by atoms with Gasteiger partial charge in [0.05, 0.1) is 6.54 Å². The van der Waals surface area contributed by atoms with Crippen molar-refractivity contribution in [2.24, 2.45) is 4.99 Å². The monoisotopic (exact) mass is 434 g/mol. The van der Waals surface area contributed by atoms with Gasteiger partial charge in [-0.2, -0.15) is 0 Å². The van der Waals surface area contributed by atoms with Gasteiger partial charge in [0.2, 0.25) is 5.91 Å². The lowest BCUT2D eigenvalue weighted by atomic mass is 9.96. The molecule has 1 aliphatic rings. The van der Waals surface area contributed by atoms with Gasteiger partial charge in [-0.05, 0) is 37.1 Å². The molecule has 0 bridgehead atoms. The number of benzene rings is 1. The van der Waals surface area contributed by atoms with E-state index in [-0.39, 0.29) is 42.2 Å². The van der Waals surface area contributed by atoms with Crippen LogP contribution < -0.4 is 16.0 Å². The third-order valence-corrected chi connectivity index (χ3v) is 3.71. The fourth-order valence-corrected chi connectivity index (χ4v) is 2.54. The molecule has 0 aromatic heterocycles. The fraction of sp³-hybridized carbons (Fsp3) is 0.500. The Morgan fingerprint density at radius 3 is 2.48 bits per heavy atom. The molecule has 0 spiro atoms. The van der Waals surface area contributed by atoms with Crippen LogP contribution in [0, 0.1) is 5.82 Å². The standard InChI is InChI=1S/C16H23FN4O.HI/c1-18-16(21-13-5-3-2-4-6-13)19-11-15(22)20-14-9-7-12(17)8-10-14;/h7-10,13H,2-6,11H2,1H3,(H,20,22)(H2,18,19,21);1H.